The Kier molecular flexibility index (Phi) is 5.72. The average Bonchev–Trinajstić information content (AvgIpc) is 2.39. The van der Waals surface area contributed by atoms with E-state index in [9.17, 15) is 0 Å². The van der Waals surface area contributed by atoms with E-state index in [2.05, 4.69) is 67.0 Å². The number of benzene rings is 1. The molecule has 1 aromatic carbocycles. The van der Waals surface area contributed by atoms with Crippen molar-refractivity contribution in [2.75, 3.05) is 13.6 Å². The largest absolute Gasteiger partial charge is 0.329 e. The number of likely N-dealkylation sites (N-methyl/N-ethyl adjacent to an activating group) is 1. The van der Waals surface area contributed by atoms with Crippen LogP contribution in [-0.4, -0.2) is 23.5 Å². The minimum atomic E-state index is 0.152. The smallest absolute Gasteiger partial charge is 0.0486 e. The van der Waals surface area contributed by atoms with Crippen LogP contribution in [0.25, 0.3) is 0 Å². The van der Waals surface area contributed by atoms with Gasteiger partial charge in [0.2, 0.25) is 0 Å². The Bertz CT molecular complexity index is 575. The number of pyridine rings is 1. The summed E-state index contributed by atoms with van der Waals surface area (Å²) in [6, 6.07) is 10.5. The van der Waals surface area contributed by atoms with Crippen LogP contribution in [0.2, 0.25) is 0 Å². The quantitative estimate of drug-likeness (QED) is 0.833. The third kappa shape index (κ3) is 4.12. The van der Waals surface area contributed by atoms with Gasteiger partial charge < -0.3 is 5.73 Å². The number of hydrogen-bond acceptors (Lipinski definition) is 3. The first-order chi connectivity index (χ1) is 9.60. The molecular weight excluding hydrogens is 382 g/mol. The van der Waals surface area contributed by atoms with Crippen molar-refractivity contribution in [3.05, 3.63) is 62.8 Å². The molecule has 0 aliphatic carbocycles. The van der Waals surface area contributed by atoms with Gasteiger partial charge in [-0.2, -0.15) is 0 Å². The van der Waals surface area contributed by atoms with Crippen LogP contribution < -0.4 is 5.73 Å². The van der Waals surface area contributed by atoms with Crippen molar-refractivity contribution in [1.29, 1.82) is 0 Å². The fraction of sp³-hybridized carbons (Fsp3) is 0.267. The Morgan fingerprint density at radius 2 is 2.00 bits per heavy atom. The van der Waals surface area contributed by atoms with Gasteiger partial charge in [-0.1, -0.05) is 28.1 Å². The molecule has 2 rings (SSSR count). The van der Waals surface area contributed by atoms with E-state index in [-0.39, 0.29) is 6.04 Å². The van der Waals surface area contributed by atoms with Gasteiger partial charge in [0.1, 0.15) is 0 Å². The summed E-state index contributed by atoms with van der Waals surface area (Å²) in [6.45, 7) is 1.40. The van der Waals surface area contributed by atoms with Gasteiger partial charge in [0, 0.05) is 40.5 Å². The van der Waals surface area contributed by atoms with E-state index in [1.807, 2.05) is 18.3 Å². The Hall–Kier alpha value is -0.750. The number of rotatable bonds is 5. The van der Waals surface area contributed by atoms with Crippen LogP contribution >= 0.6 is 31.9 Å². The number of halogens is 2. The minimum absolute atomic E-state index is 0.152. The molecule has 0 bridgehead atoms. The molecule has 0 spiro atoms. The summed E-state index contributed by atoms with van der Waals surface area (Å²) in [7, 11) is 2.08. The van der Waals surface area contributed by atoms with E-state index in [0.29, 0.717) is 6.54 Å². The summed E-state index contributed by atoms with van der Waals surface area (Å²) < 4.78 is 2.07. The number of nitrogens with zero attached hydrogens (tertiary/aromatic N) is 2. The van der Waals surface area contributed by atoms with Gasteiger partial charge in [0.05, 0.1) is 0 Å². The molecule has 3 nitrogen and oxygen atoms in total. The maximum Gasteiger partial charge on any atom is 0.0486 e. The molecule has 1 aromatic heterocycles. The van der Waals surface area contributed by atoms with Crippen molar-refractivity contribution in [1.82, 2.24) is 9.88 Å². The van der Waals surface area contributed by atoms with Gasteiger partial charge >= 0.3 is 0 Å². The summed E-state index contributed by atoms with van der Waals surface area (Å²) in [5.74, 6) is 0. The molecule has 5 heteroatoms. The van der Waals surface area contributed by atoms with Crippen molar-refractivity contribution in [2.24, 2.45) is 5.73 Å². The molecular formula is C15H17Br2N3. The van der Waals surface area contributed by atoms with Crippen LogP contribution in [0.3, 0.4) is 0 Å². The summed E-state index contributed by atoms with van der Waals surface area (Å²) in [5.41, 5.74) is 8.32. The van der Waals surface area contributed by atoms with Gasteiger partial charge in [-0.3, -0.25) is 9.88 Å². The lowest BCUT2D eigenvalue weighted by molar-refractivity contribution is 0.241. The molecule has 0 saturated heterocycles. The lowest BCUT2D eigenvalue weighted by Crippen LogP contribution is -2.30. The summed E-state index contributed by atoms with van der Waals surface area (Å²) >= 11 is 6.96. The van der Waals surface area contributed by atoms with Gasteiger partial charge in [-0.15, -0.1) is 0 Å². The zero-order chi connectivity index (χ0) is 14.5. The van der Waals surface area contributed by atoms with Gasteiger partial charge in [-0.25, -0.2) is 0 Å². The maximum absolute atomic E-state index is 5.95. The number of hydrogen-bond donors (Lipinski definition) is 1. The molecule has 0 saturated carbocycles. The van der Waals surface area contributed by atoms with Crippen LogP contribution in [0, 0.1) is 0 Å². The second-order valence-electron chi connectivity index (χ2n) is 4.73. The van der Waals surface area contributed by atoms with E-state index in [0.717, 1.165) is 21.1 Å². The highest BCUT2D eigenvalue weighted by Gasteiger charge is 2.16. The Morgan fingerprint density at radius 3 is 2.65 bits per heavy atom. The molecule has 0 radical (unpaired) electrons. The highest BCUT2D eigenvalue weighted by Crippen LogP contribution is 2.23. The molecule has 2 N–H and O–H groups in total. The Balaban J connectivity index is 2.15. The van der Waals surface area contributed by atoms with Crippen LogP contribution in [-0.2, 0) is 6.54 Å². The second-order valence-corrected chi connectivity index (χ2v) is 6.56. The Morgan fingerprint density at radius 1 is 1.20 bits per heavy atom. The van der Waals surface area contributed by atoms with Crippen LogP contribution in [0.5, 0.6) is 0 Å². The van der Waals surface area contributed by atoms with Gasteiger partial charge in [0.25, 0.3) is 0 Å². The zero-order valence-electron chi connectivity index (χ0n) is 11.3. The molecule has 0 amide bonds. The molecule has 20 heavy (non-hydrogen) atoms. The van der Waals surface area contributed by atoms with Crippen molar-refractivity contribution in [3.63, 3.8) is 0 Å². The standard InChI is InChI=1S/C15H17Br2N3/c1-20(10-11-3-2-4-13(16)5-11)15(7-18)12-6-14(17)9-19-8-12/h2-6,8-9,15H,7,10,18H2,1H3. The topological polar surface area (TPSA) is 42.1 Å². The monoisotopic (exact) mass is 397 g/mol. The first kappa shape index (κ1) is 15.6. The fourth-order valence-electron chi connectivity index (χ4n) is 2.21. The first-order valence-electron chi connectivity index (χ1n) is 6.35. The molecule has 1 atom stereocenters. The Labute approximate surface area is 136 Å². The van der Waals surface area contributed by atoms with Gasteiger partial charge in [-0.05, 0) is 52.3 Å². The highest BCUT2D eigenvalue weighted by atomic mass is 79.9. The third-order valence-electron chi connectivity index (χ3n) is 3.19. The van der Waals surface area contributed by atoms with Crippen molar-refractivity contribution in [2.45, 2.75) is 12.6 Å². The number of nitrogens with two attached hydrogens (primary N) is 1. The maximum atomic E-state index is 5.95. The summed E-state index contributed by atoms with van der Waals surface area (Å²) in [6.07, 6.45) is 3.66. The van der Waals surface area contributed by atoms with E-state index in [1.54, 1.807) is 6.20 Å². The average molecular weight is 399 g/mol. The lowest BCUT2D eigenvalue weighted by Gasteiger charge is -2.27. The van der Waals surface area contributed by atoms with Gasteiger partial charge in [0.15, 0.2) is 0 Å². The lowest BCUT2D eigenvalue weighted by atomic mass is 10.1. The van der Waals surface area contributed by atoms with Crippen molar-refractivity contribution < 1.29 is 0 Å². The van der Waals surface area contributed by atoms with Crippen LogP contribution in [0.15, 0.2) is 51.7 Å². The SMILES string of the molecule is CN(Cc1cccc(Br)c1)C(CN)c1cncc(Br)c1. The van der Waals surface area contributed by atoms with Crippen LogP contribution in [0.1, 0.15) is 17.2 Å². The van der Waals surface area contributed by atoms with E-state index in [1.165, 1.54) is 5.56 Å². The van der Waals surface area contributed by atoms with Crippen molar-refractivity contribution >= 4 is 31.9 Å². The van der Waals surface area contributed by atoms with E-state index < -0.39 is 0 Å². The zero-order valence-corrected chi connectivity index (χ0v) is 14.4. The predicted octanol–water partition coefficient (Wildman–Crippen LogP) is 3.74. The predicted molar refractivity (Wildman–Crippen MR) is 89.3 cm³/mol. The first-order valence-corrected chi connectivity index (χ1v) is 7.94. The fourth-order valence-corrected chi connectivity index (χ4v) is 3.04. The molecule has 1 heterocycles. The normalized spacial score (nSPS) is 12.7. The third-order valence-corrected chi connectivity index (χ3v) is 4.11. The minimum Gasteiger partial charge on any atom is -0.329 e. The van der Waals surface area contributed by atoms with Crippen molar-refractivity contribution in [3.8, 4) is 0 Å². The molecule has 106 valence electrons. The molecule has 0 aliphatic heterocycles. The molecule has 0 aliphatic rings. The molecule has 0 fully saturated rings. The van der Waals surface area contributed by atoms with E-state index in [4.69, 9.17) is 5.73 Å². The summed E-state index contributed by atoms with van der Waals surface area (Å²) in [4.78, 5) is 6.46. The molecule has 2 aromatic rings. The van der Waals surface area contributed by atoms with E-state index >= 15 is 0 Å². The number of aromatic nitrogens is 1. The second kappa shape index (κ2) is 7.31. The van der Waals surface area contributed by atoms with Crippen LogP contribution in [0.4, 0.5) is 0 Å². The molecule has 1 unspecified atom stereocenters. The summed E-state index contributed by atoms with van der Waals surface area (Å²) in [5, 5.41) is 0. The highest BCUT2D eigenvalue weighted by molar-refractivity contribution is 9.10.